The molecule has 3 nitrogen and oxygen atoms in total. The first kappa shape index (κ1) is 8.84. The number of ether oxygens (including phenoxy) is 1. The van der Waals surface area contributed by atoms with Crippen molar-refractivity contribution in [2.75, 3.05) is 6.61 Å². The molecule has 1 N–H and O–H groups in total. The van der Waals surface area contributed by atoms with Crippen LogP contribution in [0.15, 0.2) is 12.4 Å². The number of hydrogen-bond acceptors (Lipinski definition) is 2. The van der Waals surface area contributed by atoms with Gasteiger partial charge in [-0.3, -0.25) is 0 Å². The molecule has 0 aromatic carbocycles. The van der Waals surface area contributed by atoms with Crippen LogP contribution in [0, 0.1) is 0 Å². The van der Waals surface area contributed by atoms with Crippen LogP contribution in [0.2, 0.25) is 0 Å². The van der Waals surface area contributed by atoms with Crippen LogP contribution in [0.5, 0.6) is 0 Å². The van der Waals surface area contributed by atoms with Crippen molar-refractivity contribution in [3.63, 3.8) is 0 Å². The van der Waals surface area contributed by atoms with Gasteiger partial charge in [0.2, 0.25) is 0 Å². The molecule has 0 radical (unpaired) electrons. The third-order valence-electron chi connectivity index (χ3n) is 1.71. The van der Waals surface area contributed by atoms with Gasteiger partial charge in [-0.1, -0.05) is 6.92 Å². The molecular weight excluding hydrogens is 154 g/mol. The lowest BCUT2D eigenvalue weighted by atomic mass is 10.1. The van der Waals surface area contributed by atoms with Gasteiger partial charge in [-0.2, -0.15) is 0 Å². The van der Waals surface area contributed by atoms with E-state index in [0.717, 1.165) is 12.0 Å². The lowest BCUT2D eigenvalue weighted by Crippen LogP contribution is -2.05. The molecule has 0 bridgehead atoms. The van der Waals surface area contributed by atoms with Crippen LogP contribution in [0.3, 0.4) is 0 Å². The van der Waals surface area contributed by atoms with Crippen LogP contribution < -0.4 is 0 Å². The predicted octanol–water partition coefficient (Wildman–Crippen LogP) is 1.75. The average molecular weight is 167 g/mol. The van der Waals surface area contributed by atoms with Crippen LogP contribution in [-0.2, 0) is 11.2 Å². The van der Waals surface area contributed by atoms with E-state index in [1.54, 1.807) is 13.1 Å². The number of rotatable bonds is 3. The minimum atomic E-state index is -0.240. The van der Waals surface area contributed by atoms with Crippen LogP contribution >= 0.6 is 0 Å². The molecule has 1 heterocycles. The van der Waals surface area contributed by atoms with Gasteiger partial charge in [0, 0.05) is 12.4 Å². The van der Waals surface area contributed by atoms with E-state index in [0.29, 0.717) is 12.2 Å². The SMILES string of the molecule is CCOC(=O)c1c[nH]cc1CC. The number of H-pyrrole nitrogens is 1. The number of carbonyl (C=O) groups is 1. The summed E-state index contributed by atoms with van der Waals surface area (Å²) in [5.41, 5.74) is 1.66. The molecule has 0 aliphatic rings. The third-order valence-corrected chi connectivity index (χ3v) is 1.71. The van der Waals surface area contributed by atoms with Crippen molar-refractivity contribution >= 4 is 5.97 Å². The van der Waals surface area contributed by atoms with Crippen molar-refractivity contribution < 1.29 is 9.53 Å². The summed E-state index contributed by atoms with van der Waals surface area (Å²) in [7, 11) is 0. The highest BCUT2D eigenvalue weighted by Crippen LogP contribution is 2.09. The van der Waals surface area contributed by atoms with Gasteiger partial charge in [0.05, 0.1) is 12.2 Å². The molecule has 0 spiro atoms. The fraction of sp³-hybridized carbons (Fsp3) is 0.444. The van der Waals surface area contributed by atoms with Crippen LogP contribution in [0.25, 0.3) is 0 Å². The number of aryl methyl sites for hydroxylation is 1. The average Bonchev–Trinajstić information content (AvgIpc) is 2.51. The van der Waals surface area contributed by atoms with Gasteiger partial charge in [0.25, 0.3) is 0 Å². The smallest absolute Gasteiger partial charge is 0.339 e. The van der Waals surface area contributed by atoms with Crippen LogP contribution in [0.4, 0.5) is 0 Å². The topological polar surface area (TPSA) is 42.1 Å². The van der Waals surface area contributed by atoms with Crippen molar-refractivity contribution in [3.05, 3.63) is 23.5 Å². The van der Waals surface area contributed by atoms with Gasteiger partial charge in [-0.25, -0.2) is 4.79 Å². The largest absolute Gasteiger partial charge is 0.462 e. The van der Waals surface area contributed by atoms with Crippen LogP contribution in [-0.4, -0.2) is 17.6 Å². The fourth-order valence-electron chi connectivity index (χ4n) is 1.09. The van der Waals surface area contributed by atoms with Crippen molar-refractivity contribution in [2.24, 2.45) is 0 Å². The molecule has 1 aromatic heterocycles. The lowest BCUT2D eigenvalue weighted by molar-refractivity contribution is 0.0525. The summed E-state index contributed by atoms with van der Waals surface area (Å²) in [6, 6.07) is 0. The molecule has 0 saturated heterocycles. The Bertz CT molecular complexity index is 265. The highest BCUT2D eigenvalue weighted by molar-refractivity contribution is 5.90. The Morgan fingerprint density at radius 1 is 1.50 bits per heavy atom. The zero-order chi connectivity index (χ0) is 8.97. The minimum absolute atomic E-state index is 0.240. The predicted molar refractivity (Wildman–Crippen MR) is 46.1 cm³/mol. The van der Waals surface area contributed by atoms with Crippen molar-refractivity contribution in [3.8, 4) is 0 Å². The van der Waals surface area contributed by atoms with E-state index in [-0.39, 0.29) is 5.97 Å². The van der Waals surface area contributed by atoms with Crippen LogP contribution in [0.1, 0.15) is 29.8 Å². The molecule has 0 aliphatic carbocycles. The summed E-state index contributed by atoms with van der Waals surface area (Å²) in [5, 5.41) is 0. The van der Waals surface area contributed by atoms with E-state index < -0.39 is 0 Å². The Morgan fingerprint density at radius 2 is 2.25 bits per heavy atom. The van der Waals surface area contributed by atoms with Gasteiger partial charge in [-0.15, -0.1) is 0 Å². The molecule has 66 valence electrons. The second-order valence-electron chi connectivity index (χ2n) is 2.47. The highest BCUT2D eigenvalue weighted by Gasteiger charge is 2.11. The minimum Gasteiger partial charge on any atom is -0.462 e. The molecular formula is C9H13NO2. The summed E-state index contributed by atoms with van der Waals surface area (Å²) in [4.78, 5) is 14.1. The summed E-state index contributed by atoms with van der Waals surface area (Å²) >= 11 is 0. The fourth-order valence-corrected chi connectivity index (χ4v) is 1.09. The molecule has 1 aromatic rings. The summed E-state index contributed by atoms with van der Waals surface area (Å²) in [6.45, 7) is 4.23. The van der Waals surface area contributed by atoms with Crippen molar-refractivity contribution in [1.82, 2.24) is 4.98 Å². The zero-order valence-corrected chi connectivity index (χ0v) is 7.39. The quantitative estimate of drug-likeness (QED) is 0.697. The monoisotopic (exact) mass is 167 g/mol. The summed E-state index contributed by atoms with van der Waals surface area (Å²) < 4.78 is 4.87. The molecule has 0 unspecified atom stereocenters. The third kappa shape index (κ3) is 1.67. The molecule has 0 amide bonds. The van der Waals surface area contributed by atoms with E-state index in [2.05, 4.69) is 4.98 Å². The Balaban J connectivity index is 2.79. The Kier molecular flexibility index (Phi) is 2.91. The Labute approximate surface area is 71.7 Å². The first-order chi connectivity index (χ1) is 5.79. The summed E-state index contributed by atoms with van der Waals surface area (Å²) in [6.07, 6.45) is 4.35. The number of carbonyl (C=O) groups excluding carboxylic acids is 1. The van der Waals surface area contributed by atoms with Crippen molar-refractivity contribution in [1.29, 1.82) is 0 Å². The van der Waals surface area contributed by atoms with E-state index in [1.165, 1.54) is 0 Å². The maximum Gasteiger partial charge on any atom is 0.339 e. The van der Waals surface area contributed by atoms with E-state index in [4.69, 9.17) is 4.74 Å². The molecule has 12 heavy (non-hydrogen) atoms. The van der Waals surface area contributed by atoms with E-state index in [9.17, 15) is 4.79 Å². The Hall–Kier alpha value is -1.25. The second-order valence-corrected chi connectivity index (χ2v) is 2.47. The maximum absolute atomic E-state index is 11.2. The molecule has 0 fully saturated rings. The zero-order valence-electron chi connectivity index (χ0n) is 7.39. The van der Waals surface area contributed by atoms with E-state index >= 15 is 0 Å². The van der Waals surface area contributed by atoms with Gasteiger partial charge in [0.15, 0.2) is 0 Å². The van der Waals surface area contributed by atoms with Gasteiger partial charge in [-0.05, 0) is 18.9 Å². The molecule has 3 heteroatoms. The van der Waals surface area contributed by atoms with E-state index in [1.807, 2.05) is 13.1 Å². The number of aromatic nitrogens is 1. The standard InChI is InChI=1S/C9H13NO2/c1-3-7-5-10-6-8(7)9(11)12-4-2/h5-6,10H,3-4H2,1-2H3. The van der Waals surface area contributed by atoms with Gasteiger partial charge in [0.1, 0.15) is 0 Å². The van der Waals surface area contributed by atoms with Gasteiger partial charge >= 0.3 is 5.97 Å². The number of aromatic amines is 1. The number of nitrogens with one attached hydrogen (secondary N) is 1. The first-order valence-electron chi connectivity index (χ1n) is 4.12. The normalized spacial score (nSPS) is 9.83. The summed E-state index contributed by atoms with van der Waals surface area (Å²) in [5.74, 6) is -0.240. The van der Waals surface area contributed by atoms with Gasteiger partial charge < -0.3 is 9.72 Å². The second kappa shape index (κ2) is 3.95. The highest BCUT2D eigenvalue weighted by atomic mass is 16.5. The lowest BCUT2D eigenvalue weighted by Gasteiger charge is -2.00. The molecule has 1 rings (SSSR count). The molecule has 0 saturated carbocycles. The number of hydrogen-bond donors (Lipinski definition) is 1. The Morgan fingerprint density at radius 3 is 2.83 bits per heavy atom. The molecule has 0 aliphatic heterocycles. The van der Waals surface area contributed by atoms with Crippen molar-refractivity contribution in [2.45, 2.75) is 20.3 Å². The maximum atomic E-state index is 11.2. The first-order valence-corrected chi connectivity index (χ1v) is 4.12. The molecule has 0 atom stereocenters. The number of esters is 1.